The Balaban J connectivity index is 2.96. The lowest BCUT2D eigenvalue weighted by molar-refractivity contribution is -0.00727. The van der Waals surface area contributed by atoms with Crippen LogP contribution in [0, 0.1) is 0 Å². The van der Waals surface area contributed by atoms with Crippen molar-refractivity contribution in [1.29, 1.82) is 0 Å². The monoisotopic (exact) mass is 140 g/mol. The van der Waals surface area contributed by atoms with E-state index >= 15 is 0 Å². The van der Waals surface area contributed by atoms with Crippen molar-refractivity contribution >= 4 is 0 Å². The molecule has 0 atom stereocenters. The van der Waals surface area contributed by atoms with Gasteiger partial charge < -0.3 is 0 Å². The molecule has 0 amide bonds. The van der Waals surface area contributed by atoms with Crippen molar-refractivity contribution in [2.24, 2.45) is 0 Å². The average molecular weight is 140 g/mol. The zero-order chi connectivity index (χ0) is 7.40. The minimum Gasteiger partial charge on any atom is -0.294 e. The van der Waals surface area contributed by atoms with E-state index in [1.54, 1.807) is 12.1 Å². The van der Waals surface area contributed by atoms with Crippen LogP contribution in [-0.2, 0) is 6.42 Å². The summed E-state index contributed by atoms with van der Waals surface area (Å²) in [6.45, 7) is 1.96. The molecular weight excluding hydrogens is 131 g/mol. The maximum absolute atomic E-state index is 11.7. The van der Waals surface area contributed by atoms with Crippen molar-refractivity contribution in [3.05, 3.63) is 29.8 Å². The van der Waals surface area contributed by atoms with Crippen molar-refractivity contribution in [1.82, 2.24) is 0 Å². The van der Waals surface area contributed by atoms with Crippen LogP contribution in [-0.4, -0.2) is 0 Å². The van der Waals surface area contributed by atoms with Crippen LogP contribution in [0.5, 0.6) is 5.75 Å². The van der Waals surface area contributed by atoms with Gasteiger partial charge in [-0.2, -0.15) is 0 Å². The van der Waals surface area contributed by atoms with Crippen LogP contribution in [0.1, 0.15) is 12.5 Å². The van der Waals surface area contributed by atoms with E-state index in [-0.39, 0.29) is 0 Å². The fourth-order valence-electron chi connectivity index (χ4n) is 0.871. The molecule has 0 saturated heterocycles. The SMILES string of the molecule is CCc1ccccc1OF. The Morgan fingerprint density at radius 1 is 1.40 bits per heavy atom. The van der Waals surface area contributed by atoms with Gasteiger partial charge in [0.05, 0.1) is 0 Å². The first-order valence-electron chi connectivity index (χ1n) is 3.25. The van der Waals surface area contributed by atoms with Crippen LogP contribution in [0.15, 0.2) is 24.3 Å². The number of halogens is 1. The molecule has 0 aromatic heterocycles. The fourth-order valence-corrected chi connectivity index (χ4v) is 0.871. The van der Waals surface area contributed by atoms with Crippen molar-refractivity contribution in [3.8, 4) is 5.75 Å². The maximum atomic E-state index is 11.7. The Bertz CT molecular complexity index is 187. The summed E-state index contributed by atoms with van der Waals surface area (Å²) in [6, 6.07) is 7.06. The van der Waals surface area contributed by atoms with Gasteiger partial charge in [0.1, 0.15) is 0 Å². The summed E-state index contributed by atoms with van der Waals surface area (Å²) in [5.41, 5.74) is 0.894. The lowest BCUT2D eigenvalue weighted by Gasteiger charge is -1.99. The third-order valence-corrected chi connectivity index (χ3v) is 1.44. The first kappa shape index (κ1) is 7.06. The van der Waals surface area contributed by atoms with E-state index in [1.165, 1.54) is 0 Å². The van der Waals surface area contributed by atoms with Crippen molar-refractivity contribution < 1.29 is 9.47 Å². The molecule has 0 aliphatic rings. The van der Waals surface area contributed by atoms with Crippen LogP contribution < -0.4 is 4.94 Å². The third-order valence-electron chi connectivity index (χ3n) is 1.44. The van der Waals surface area contributed by atoms with E-state index in [9.17, 15) is 4.53 Å². The zero-order valence-electron chi connectivity index (χ0n) is 5.80. The average Bonchev–Trinajstić information content (AvgIpc) is 2.04. The molecule has 1 nitrogen and oxygen atoms in total. The molecule has 2 heteroatoms. The second-order valence-electron chi connectivity index (χ2n) is 2.04. The first-order valence-corrected chi connectivity index (χ1v) is 3.25. The lowest BCUT2D eigenvalue weighted by atomic mass is 10.1. The second-order valence-corrected chi connectivity index (χ2v) is 2.04. The molecular formula is C8H9FO. The van der Waals surface area contributed by atoms with E-state index in [0.717, 1.165) is 12.0 Å². The summed E-state index contributed by atoms with van der Waals surface area (Å²) >= 11 is 0. The van der Waals surface area contributed by atoms with E-state index < -0.39 is 0 Å². The number of aryl methyl sites for hydroxylation is 1. The van der Waals surface area contributed by atoms with E-state index in [1.807, 2.05) is 19.1 Å². The topological polar surface area (TPSA) is 9.23 Å². The smallest absolute Gasteiger partial charge is 0.175 e. The van der Waals surface area contributed by atoms with Gasteiger partial charge in [-0.05, 0) is 18.1 Å². The van der Waals surface area contributed by atoms with Gasteiger partial charge in [-0.25, -0.2) is 0 Å². The highest BCUT2D eigenvalue weighted by Gasteiger charge is 1.98. The van der Waals surface area contributed by atoms with Gasteiger partial charge in [0.25, 0.3) is 0 Å². The van der Waals surface area contributed by atoms with Crippen LogP contribution in [0.2, 0.25) is 0 Å². The van der Waals surface area contributed by atoms with E-state index in [4.69, 9.17) is 0 Å². The summed E-state index contributed by atoms with van der Waals surface area (Å²) in [5, 5.41) is 0. The number of rotatable bonds is 2. The number of hydrogen-bond donors (Lipinski definition) is 0. The largest absolute Gasteiger partial charge is 0.294 e. The molecule has 0 unspecified atom stereocenters. The summed E-state index contributed by atoms with van der Waals surface area (Å²) in [5.74, 6) is 0.324. The highest BCUT2D eigenvalue weighted by atomic mass is 19.3. The number of hydrogen-bond acceptors (Lipinski definition) is 1. The highest BCUT2D eigenvalue weighted by Crippen LogP contribution is 2.17. The second kappa shape index (κ2) is 3.20. The Hall–Kier alpha value is -1.05. The minimum atomic E-state index is 0.324. The Morgan fingerprint density at radius 2 is 2.10 bits per heavy atom. The fraction of sp³-hybridized carbons (Fsp3) is 0.250. The summed E-state index contributed by atoms with van der Waals surface area (Å²) in [4.78, 5) is 3.64. The normalized spacial score (nSPS) is 9.40. The molecule has 1 aromatic carbocycles. The van der Waals surface area contributed by atoms with Crippen LogP contribution in [0.25, 0.3) is 0 Å². The van der Waals surface area contributed by atoms with Gasteiger partial charge in [-0.1, -0.05) is 25.1 Å². The molecule has 0 aliphatic carbocycles. The van der Waals surface area contributed by atoms with Gasteiger partial charge in [0.15, 0.2) is 5.75 Å². The maximum Gasteiger partial charge on any atom is 0.175 e. The molecule has 0 aliphatic heterocycles. The van der Waals surface area contributed by atoms with Gasteiger partial charge in [0.2, 0.25) is 0 Å². The number of para-hydroxylation sites is 1. The van der Waals surface area contributed by atoms with Crippen molar-refractivity contribution in [3.63, 3.8) is 0 Å². The van der Waals surface area contributed by atoms with E-state index in [0.29, 0.717) is 5.75 Å². The summed E-state index contributed by atoms with van der Waals surface area (Å²) < 4.78 is 11.7. The molecule has 0 heterocycles. The molecule has 1 rings (SSSR count). The Morgan fingerprint density at radius 3 is 2.60 bits per heavy atom. The molecule has 0 spiro atoms. The van der Waals surface area contributed by atoms with Gasteiger partial charge in [-0.15, -0.1) is 0 Å². The standard InChI is InChI=1S/C8H9FO/c1-2-7-5-3-4-6-8(7)10-9/h3-6H,2H2,1H3. The van der Waals surface area contributed by atoms with Gasteiger partial charge >= 0.3 is 0 Å². The molecule has 0 saturated carbocycles. The predicted octanol–water partition coefficient (Wildman–Crippen LogP) is 2.51. The summed E-state index contributed by atoms with van der Waals surface area (Å²) in [6.07, 6.45) is 0.792. The predicted molar refractivity (Wildman–Crippen MR) is 37.6 cm³/mol. The molecule has 0 N–H and O–H groups in total. The van der Waals surface area contributed by atoms with Crippen molar-refractivity contribution in [2.45, 2.75) is 13.3 Å². The molecule has 10 heavy (non-hydrogen) atoms. The zero-order valence-corrected chi connectivity index (χ0v) is 5.80. The van der Waals surface area contributed by atoms with E-state index in [2.05, 4.69) is 4.94 Å². The molecule has 1 aromatic rings. The van der Waals surface area contributed by atoms with Crippen LogP contribution in [0.4, 0.5) is 4.53 Å². The van der Waals surface area contributed by atoms with Crippen LogP contribution >= 0.6 is 0 Å². The minimum absolute atomic E-state index is 0.324. The van der Waals surface area contributed by atoms with Gasteiger partial charge in [0, 0.05) is 4.53 Å². The molecule has 54 valence electrons. The quantitative estimate of drug-likeness (QED) is 0.613. The first-order chi connectivity index (χ1) is 4.88. The molecule has 0 bridgehead atoms. The Labute approximate surface area is 59.3 Å². The van der Waals surface area contributed by atoms with Crippen LogP contribution in [0.3, 0.4) is 0 Å². The molecule has 0 fully saturated rings. The van der Waals surface area contributed by atoms with Gasteiger partial charge in [-0.3, -0.25) is 4.94 Å². The van der Waals surface area contributed by atoms with Crippen molar-refractivity contribution in [2.75, 3.05) is 0 Å². The summed E-state index contributed by atoms with van der Waals surface area (Å²) in [7, 11) is 0. The molecule has 0 radical (unpaired) electrons. The number of benzene rings is 1. The lowest BCUT2D eigenvalue weighted by Crippen LogP contribution is -1.84. The Kier molecular flexibility index (Phi) is 2.26. The highest BCUT2D eigenvalue weighted by molar-refractivity contribution is 5.32. The third kappa shape index (κ3) is 1.26.